The summed E-state index contributed by atoms with van der Waals surface area (Å²) in [5, 5.41) is 0. The highest BCUT2D eigenvalue weighted by Crippen LogP contribution is 2.34. The van der Waals surface area contributed by atoms with Gasteiger partial charge in [-0.3, -0.25) is 0 Å². The van der Waals surface area contributed by atoms with Crippen LogP contribution in [-0.2, 0) is 0 Å². The summed E-state index contributed by atoms with van der Waals surface area (Å²) in [7, 11) is 0. The van der Waals surface area contributed by atoms with Gasteiger partial charge in [-0.25, -0.2) is 8.78 Å². The topological polar surface area (TPSA) is 9.23 Å². The second kappa shape index (κ2) is 4.50. The van der Waals surface area contributed by atoms with Crippen molar-refractivity contribution in [2.45, 2.75) is 33.1 Å². The summed E-state index contributed by atoms with van der Waals surface area (Å²) >= 11 is 0. The van der Waals surface area contributed by atoms with Crippen LogP contribution in [0, 0.1) is 18.6 Å². The van der Waals surface area contributed by atoms with Gasteiger partial charge in [0.1, 0.15) is 0 Å². The van der Waals surface area contributed by atoms with Gasteiger partial charge < -0.3 is 4.74 Å². The molecule has 1 nitrogen and oxygen atoms in total. The predicted octanol–water partition coefficient (Wildman–Crippen LogP) is 4.30. The molecule has 1 aromatic rings. The van der Waals surface area contributed by atoms with E-state index in [1.54, 1.807) is 13.8 Å². The van der Waals surface area contributed by atoms with Crippen molar-refractivity contribution in [3.8, 4) is 5.75 Å². The fourth-order valence-electron chi connectivity index (χ4n) is 1.39. The molecule has 0 saturated heterocycles. The van der Waals surface area contributed by atoms with Crippen molar-refractivity contribution in [2.75, 3.05) is 0 Å². The Kier molecular flexibility index (Phi) is 3.64. The molecule has 0 amide bonds. The number of halogens is 5. The molecule has 0 aliphatic rings. The molecule has 0 heterocycles. The highest BCUT2D eigenvalue weighted by atomic mass is 19.4. The summed E-state index contributed by atoms with van der Waals surface area (Å²) in [5.41, 5.74) is -0.0995. The highest BCUT2D eigenvalue weighted by molar-refractivity contribution is 5.39. The van der Waals surface area contributed by atoms with Gasteiger partial charge in [0.2, 0.25) is 5.75 Å². The lowest BCUT2D eigenvalue weighted by Crippen LogP contribution is -2.20. The summed E-state index contributed by atoms with van der Waals surface area (Å²) in [6.07, 6.45) is -5.12. The molecule has 0 saturated carbocycles. The van der Waals surface area contributed by atoms with Gasteiger partial charge in [-0.1, -0.05) is 13.8 Å². The smallest absolute Gasteiger partial charge is 0.399 e. The van der Waals surface area contributed by atoms with Crippen molar-refractivity contribution in [1.29, 1.82) is 0 Å². The third-order valence-electron chi connectivity index (χ3n) is 2.21. The van der Waals surface area contributed by atoms with Crippen LogP contribution in [0.4, 0.5) is 22.0 Å². The maximum Gasteiger partial charge on any atom is 0.573 e. The zero-order valence-electron chi connectivity index (χ0n) is 9.45. The van der Waals surface area contributed by atoms with Crippen LogP contribution in [0.3, 0.4) is 0 Å². The van der Waals surface area contributed by atoms with Gasteiger partial charge in [0, 0.05) is 0 Å². The number of benzene rings is 1. The molecule has 1 aromatic carbocycles. The summed E-state index contributed by atoms with van der Waals surface area (Å²) in [5.74, 6) is -4.39. The molecule has 0 unspecified atom stereocenters. The monoisotopic (exact) mass is 254 g/mol. The van der Waals surface area contributed by atoms with Crippen molar-refractivity contribution in [2.24, 2.45) is 0 Å². The van der Waals surface area contributed by atoms with Gasteiger partial charge in [-0.15, -0.1) is 13.2 Å². The molecule has 0 N–H and O–H groups in total. The van der Waals surface area contributed by atoms with Crippen LogP contribution < -0.4 is 4.74 Å². The third-order valence-corrected chi connectivity index (χ3v) is 2.21. The fraction of sp³-hybridized carbons (Fsp3) is 0.455. The molecule has 1 rings (SSSR count). The SMILES string of the molecule is Cc1cc(C(C)C)c(F)c(OC(F)(F)F)c1F. The highest BCUT2D eigenvalue weighted by Gasteiger charge is 2.35. The van der Waals surface area contributed by atoms with Crippen molar-refractivity contribution in [3.05, 3.63) is 28.8 Å². The second-order valence-electron chi connectivity index (χ2n) is 3.94. The van der Waals surface area contributed by atoms with E-state index in [2.05, 4.69) is 4.74 Å². The maximum absolute atomic E-state index is 13.6. The first-order valence-electron chi connectivity index (χ1n) is 4.87. The number of alkyl halides is 3. The normalized spacial score (nSPS) is 12.1. The van der Waals surface area contributed by atoms with Gasteiger partial charge in [0.15, 0.2) is 11.6 Å². The Balaban J connectivity index is 3.37. The van der Waals surface area contributed by atoms with Crippen molar-refractivity contribution in [1.82, 2.24) is 0 Å². The van der Waals surface area contributed by atoms with Crippen molar-refractivity contribution >= 4 is 0 Å². The van der Waals surface area contributed by atoms with E-state index < -0.39 is 23.7 Å². The van der Waals surface area contributed by atoms with Gasteiger partial charge in [0.25, 0.3) is 0 Å². The summed E-state index contributed by atoms with van der Waals surface area (Å²) in [6.45, 7) is 4.43. The van der Waals surface area contributed by atoms with Gasteiger partial charge in [0.05, 0.1) is 0 Å². The molecular weight excluding hydrogens is 243 g/mol. The molecule has 0 aliphatic carbocycles. The molecule has 0 radical (unpaired) electrons. The van der Waals surface area contributed by atoms with E-state index >= 15 is 0 Å². The molecule has 0 spiro atoms. The van der Waals surface area contributed by atoms with E-state index in [-0.39, 0.29) is 17.0 Å². The maximum atomic E-state index is 13.6. The van der Waals surface area contributed by atoms with Gasteiger partial charge >= 0.3 is 6.36 Å². The Labute approximate surface area is 95.2 Å². The Bertz CT molecular complexity index is 423. The van der Waals surface area contributed by atoms with E-state index in [1.165, 1.54) is 13.0 Å². The van der Waals surface area contributed by atoms with E-state index in [0.29, 0.717) is 0 Å². The zero-order chi connectivity index (χ0) is 13.4. The van der Waals surface area contributed by atoms with Gasteiger partial charge in [-0.05, 0) is 30.0 Å². The minimum Gasteiger partial charge on any atom is -0.399 e. The minimum absolute atomic E-state index is 0.0110. The lowest BCUT2D eigenvalue weighted by molar-refractivity contribution is -0.276. The second-order valence-corrected chi connectivity index (χ2v) is 3.94. The van der Waals surface area contributed by atoms with Crippen molar-refractivity contribution < 1.29 is 26.7 Å². The molecule has 0 bridgehead atoms. The van der Waals surface area contributed by atoms with E-state index in [1.807, 2.05) is 0 Å². The molecular formula is C11H11F5O. The zero-order valence-corrected chi connectivity index (χ0v) is 9.45. The lowest BCUT2D eigenvalue weighted by Gasteiger charge is -2.16. The Morgan fingerprint density at radius 2 is 1.65 bits per heavy atom. The number of aryl methyl sites for hydroxylation is 1. The standard InChI is InChI=1S/C11H11F5O/c1-5(2)7-4-6(3)8(12)10(9(7)13)17-11(14,15)16/h4-5H,1-3H3. The minimum atomic E-state index is -5.12. The van der Waals surface area contributed by atoms with Crippen molar-refractivity contribution in [3.63, 3.8) is 0 Å². The van der Waals surface area contributed by atoms with Crippen LogP contribution >= 0.6 is 0 Å². The Morgan fingerprint density at radius 3 is 2.06 bits per heavy atom. The first kappa shape index (κ1) is 13.7. The van der Waals surface area contributed by atoms with Crippen LogP contribution in [-0.4, -0.2) is 6.36 Å². The van der Waals surface area contributed by atoms with E-state index in [0.717, 1.165) is 0 Å². The molecule has 0 aliphatic heterocycles. The summed E-state index contributed by atoms with van der Waals surface area (Å²) in [4.78, 5) is 0. The lowest BCUT2D eigenvalue weighted by atomic mass is 9.99. The molecule has 0 aromatic heterocycles. The Morgan fingerprint density at radius 1 is 1.12 bits per heavy atom. The average molecular weight is 254 g/mol. The van der Waals surface area contributed by atoms with E-state index in [9.17, 15) is 22.0 Å². The number of ether oxygens (including phenoxy) is 1. The first-order chi connectivity index (χ1) is 7.63. The number of hydrogen-bond donors (Lipinski definition) is 0. The van der Waals surface area contributed by atoms with Crippen LogP contribution in [0.25, 0.3) is 0 Å². The first-order valence-corrected chi connectivity index (χ1v) is 4.87. The third kappa shape index (κ3) is 3.08. The van der Waals surface area contributed by atoms with Crippen LogP contribution in [0.5, 0.6) is 5.75 Å². The molecule has 17 heavy (non-hydrogen) atoms. The molecule has 6 heteroatoms. The number of rotatable bonds is 2. The summed E-state index contributed by atoms with van der Waals surface area (Å²) < 4.78 is 66.4. The summed E-state index contributed by atoms with van der Waals surface area (Å²) in [6, 6.07) is 1.18. The molecule has 96 valence electrons. The van der Waals surface area contributed by atoms with Gasteiger partial charge in [-0.2, -0.15) is 0 Å². The fourth-order valence-corrected chi connectivity index (χ4v) is 1.39. The average Bonchev–Trinajstić information content (AvgIpc) is 2.16. The van der Waals surface area contributed by atoms with Crippen LogP contribution in [0.1, 0.15) is 30.9 Å². The Hall–Kier alpha value is -1.33. The quantitative estimate of drug-likeness (QED) is 0.715. The number of hydrogen-bond acceptors (Lipinski definition) is 1. The van der Waals surface area contributed by atoms with Crippen LogP contribution in [0.15, 0.2) is 6.07 Å². The molecule has 0 fully saturated rings. The molecule has 0 atom stereocenters. The largest absolute Gasteiger partial charge is 0.573 e. The predicted molar refractivity (Wildman–Crippen MR) is 51.9 cm³/mol. The van der Waals surface area contributed by atoms with Crippen LogP contribution in [0.2, 0.25) is 0 Å². The van der Waals surface area contributed by atoms with E-state index in [4.69, 9.17) is 0 Å².